The molecule has 3 aromatic rings. The molecule has 0 amide bonds. The summed E-state index contributed by atoms with van der Waals surface area (Å²) < 4.78 is 17.1. The molecular weight excluding hydrogens is 384 g/mol. The second kappa shape index (κ2) is 10.5. The van der Waals surface area contributed by atoms with E-state index in [1.807, 2.05) is 68.4 Å². The lowest BCUT2D eigenvalue weighted by Crippen LogP contribution is -2.34. The average molecular weight is 411 g/mol. The molecule has 152 valence electrons. The summed E-state index contributed by atoms with van der Waals surface area (Å²) in [6.45, 7) is 6.26. The molecule has 0 aliphatic heterocycles. The van der Waals surface area contributed by atoms with E-state index in [-0.39, 0.29) is 0 Å². The fourth-order valence-corrected chi connectivity index (χ4v) is 3.21. The highest BCUT2D eigenvalue weighted by atomic mass is 32.1. The van der Waals surface area contributed by atoms with Crippen LogP contribution >= 0.6 is 12.2 Å². The van der Waals surface area contributed by atoms with Crippen LogP contribution in [0.5, 0.6) is 11.5 Å². The van der Waals surface area contributed by atoms with Crippen LogP contribution in [0.1, 0.15) is 25.2 Å². The van der Waals surface area contributed by atoms with E-state index in [9.17, 15) is 0 Å². The molecule has 0 radical (unpaired) electrons. The highest BCUT2D eigenvalue weighted by molar-refractivity contribution is 7.80. The molecule has 0 atom stereocenters. The molecule has 0 aliphatic carbocycles. The van der Waals surface area contributed by atoms with Crippen molar-refractivity contribution in [3.05, 3.63) is 78.3 Å². The maximum absolute atomic E-state index is 5.79. The Hall–Kier alpha value is -2.99. The molecule has 1 heterocycles. The van der Waals surface area contributed by atoms with Crippen LogP contribution in [0.2, 0.25) is 0 Å². The van der Waals surface area contributed by atoms with Crippen LogP contribution in [-0.2, 0) is 13.1 Å². The SMILES string of the molecule is CCOc1ccccc1CN(Cc1ccco1)C(=S)Nc1ccccc1OCC. The summed E-state index contributed by atoms with van der Waals surface area (Å²) >= 11 is 5.76. The molecule has 1 N–H and O–H groups in total. The van der Waals surface area contributed by atoms with E-state index in [2.05, 4.69) is 16.3 Å². The molecule has 0 bridgehead atoms. The van der Waals surface area contributed by atoms with Crippen LogP contribution in [0.15, 0.2) is 71.3 Å². The van der Waals surface area contributed by atoms with E-state index in [4.69, 9.17) is 26.1 Å². The molecule has 29 heavy (non-hydrogen) atoms. The van der Waals surface area contributed by atoms with Gasteiger partial charge in [0.1, 0.15) is 17.3 Å². The summed E-state index contributed by atoms with van der Waals surface area (Å²) in [7, 11) is 0. The number of thiocarbonyl (C=S) groups is 1. The number of ether oxygens (including phenoxy) is 2. The first-order valence-corrected chi connectivity index (χ1v) is 10.1. The summed E-state index contributed by atoms with van der Waals surface area (Å²) in [6.07, 6.45) is 1.67. The van der Waals surface area contributed by atoms with E-state index in [1.165, 1.54) is 0 Å². The molecule has 0 aliphatic rings. The zero-order valence-corrected chi connectivity index (χ0v) is 17.6. The molecule has 0 fully saturated rings. The molecule has 0 saturated carbocycles. The standard InChI is InChI=1S/C23H26N2O3S/c1-3-26-21-13-7-5-10-18(21)16-25(17-19-11-9-15-28-19)23(29)24-20-12-6-8-14-22(20)27-4-2/h5-15H,3-4,16-17H2,1-2H3,(H,24,29). The van der Waals surface area contributed by atoms with Gasteiger partial charge in [-0.1, -0.05) is 30.3 Å². The molecule has 5 nitrogen and oxygen atoms in total. The fourth-order valence-electron chi connectivity index (χ4n) is 2.97. The Morgan fingerprint density at radius 2 is 1.59 bits per heavy atom. The average Bonchev–Trinajstić information content (AvgIpc) is 3.24. The van der Waals surface area contributed by atoms with Gasteiger partial charge in [-0.05, 0) is 56.4 Å². The maximum atomic E-state index is 5.79. The quantitative estimate of drug-likeness (QED) is 0.472. The minimum atomic E-state index is 0.538. The first-order valence-electron chi connectivity index (χ1n) is 9.72. The van der Waals surface area contributed by atoms with E-state index in [0.717, 1.165) is 28.5 Å². The van der Waals surface area contributed by atoms with Crippen molar-refractivity contribution in [1.29, 1.82) is 0 Å². The van der Waals surface area contributed by atoms with Gasteiger partial charge in [0, 0.05) is 12.1 Å². The van der Waals surface area contributed by atoms with E-state index in [0.29, 0.717) is 31.4 Å². The lowest BCUT2D eigenvalue weighted by molar-refractivity contribution is 0.320. The zero-order chi connectivity index (χ0) is 20.5. The molecule has 0 saturated heterocycles. The van der Waals surface area contributed by atoms with Crippen molar-refractivity contribution in [2.75, 3.05) is 18.5 Å². The van der Waals surface area contributed by atoms with Crippen molar-refractivity contribution in [3.8, 4) is 11.5 Å². The Balaban J connectivity index is 1.83. The third-order valence-corrected chi connectivity index (χ3v) is 4.64. The largest absolute Gasteiger partial charge is 0.494 e. The number of furan rings is 1. The van der Waals surface area contributed by atoms with Crippen LogP contribution in [-0.4, -0.2) is 23.2 Å². The summed E-state index contributed by atoms with van der Waals surface area (Å²) in [6, 6.07) is 19.6. The van der Waals surface area contributed by atoms with Crippen molar-refractivity contribution in [1.82, 2.24) is 4.90 Å². The van der Waals surface area contributed by atoms with E-state index < -0.39 is 0 Å². The van der Waals surface area contributed by atoms with Crippen molar-refractivity contribution >= 4 is 23.0 Å². The molecular formula is C23H26N2O3S. The molecule has 6 heteroatoms. The second-order valence-corrected chi connectivity index (χ2v) is 6.72. The van der Waals surface area contributed by atoms with Crippen LogP contribution < -0.4 is 14.8 Å². The molecule has 0 unspecified atom stereocenters. The molecule has 2 aromatic carbocycles. The van der Waals surface area contributed by atoms with Crippen molar-refractivity contribution in [3.63, 3.8) is 0 Å². The summed E-state index contributed by atoms with van der Waals surface area (Å²) in [5, 5.41) is 3.91. The van der Waals surface area contributed by atoms with Gasteiger partial charge in [0.15, 0.2) is 5.11 Å². The Morgan fingerprint density at radius 1 is 0.897 bits per heavy atom. The number of hydrogen-bond acceptors (Lipinski definition) is 4. The Labute approximate surface area is 177 Å². The van der Waals surface area contributed by atoms with Gasteiger partial charge in [0.25, 0.3) is 0 Å². The highest BCUT2D eigenvalue weighted by Crippen LogP contribution is 2.26. The summed E-state index contributed by atoms with van der Waals surface area (Å²) in [5.74, 6) is 2.46. The number of rotatable bonds is 9. The number of hydrogen-bond donors (Lipinski definition) is 1. The van der Waals surface area contributed by atoms with Gasteiger partial charge in [-0.15, -0.1) is 0 Å². The van der Waals surface area contributed by atoms with Gasteiger partial charge in [0.2, 0.25) is 0 Å². The van der Waals surface area contributed by atoms with Gasteiger partial charge < -0.3 is 24.1 Å². The predicted octanol–water partition coefficient (Wildman–Crippen LogP) is 5.48. The van der Waals surface area contributed by atoms with Crippen LogP contribution in [0.3, 0.4) is 0 Å². The van der Waals surface area contributed by atoms with Crippen LogP contribution in [0, 0.1) is 0 Å². The normalized spacial score (nSPS) is 10.4. The number of nitrogens with one attached hydrogen (secondary N) is 1. The van der Waals surface area contributed by atoms with E-state index >= 15 is 0 Å². The van der Waals surface area contributed by atoms with Crippen LogP contribution in [0.25, 0.3) is 0 Å². The smallest absolute Gasteiger partial charge is 0.174 e. The van der Waals surface area contributed by atoms with Gasteiger partial charge >= 0.3 is 0 Å². The maximum Gasteiger partial charge on any atom is 0.174 e. The summed E-state index contributed by atoms with van der Waals surface area (Å²) in [4.78, 5) is 2.05. The van der Waals surface area contributed by atoms with Crippen molar-refractivity contribution in [2.45, 2.75) is 26.9 Å². The minimum Gasteiger partial charge on any atom is -0.494 e. The topological polar surface area (TPSA) is 46.9 Å². The number of anilines is 1. The Kier molecular flexibility index (Phi) is 7.53. The highest BCUT2D eigenvalue weighted by Gasteiger charge is 2.16. The van der Waals surface area contributed by atoms with Crippen LogP contribution in [0.4, 0.5) is 5.69 Å². The van der Waals surface area contributed by atoms with Crippen molar-refractivity contribution < 1.29 is 13.9 Å². The summed E-state index contributed by atoms with van der Waals surface area (Å²) in [5.41, 5.74) is 1.89. The van der Waals surface area contributed by atoms with Gasteiger partial charge in [-0.25, -0.2) is 0 Å². The Morgan fingerprint density at radius 3 is 2.31 bits per heavy atom. The fraction of sp³-hybridized carbons (Fsp3) is 0.261. The number of nitrogens with zero attached hydrogens (tertiary/aromatic N) is 1. The van der Waals surface area contributed by atoms with Gasteiger partial charge in [-0.2, -0.15) is 0 Å². The third kappa shape index (κ3) is 5.74. The first kappa shape index (κ1) is 20.7. The van der Waals surface area contributed by atoms with Gasteiger partial charge in [0.05, 0.1) is 31.7 Å². The predicted molar refractivity (Wildman–Crippen MR) is 119 cm³/mol. The Bertz CT molecular complexity index is 912. The second-order valence-electron chi connectivity index (χ2n) is 6.34. The molecule has 0 spiro atoms. The lowest BCUT2D eigenvalue weighted by Gasteiger charge is -2.26. The third-order valence-electron chi connectivity index (χ3n) is 4.28. The van der Waals surface area contributed by atoms with Gasteiger partial charge in [-0.3, -0.25) is 0 Å². The number of para-hydroxylation sites is 3. The molecule has 3 rings (SSSR count). The van der Waals surface area contributed by atoms with Crippen molar-refractivity contribution in [2.24, 2.45) is 0 Å². The minimum absolute atomic E-state index is 0.538. The first-order chi connectivity index (χ1) is 14.2. The molecule has 1 aromatic heterocycles. The van der Waals surface area contributed by atoms with E-state index in [1.54, 1.807) is 6.26 Å². The zero-order valence-electron chi connectivity index (χ0n) is 16.8. The number of benzene rings is 2. The lowest BCUT2D eigenvalue weighted by atomic mass is 10.2. The monoisotopic (exact) mass is 410 g/mol.